The summed E-state index contributed by atoms with van der Waals surface area (Å²) < 4.78 is 5.08. The number of furan rings is 1. The van der Waals surface area contributed by atoms with Crippen molar-refractivity contribution in [2.75, 3.05) is 36.8 Å². The van der Waals surface area contributed by atoms with Crippen LogP contribution in [0, 0.1) is 0 Å². The summed E-state index contributed by atoms with van der Waals surface area (Å²) in [7, 11) is 2.47. The third-order valence-corrected chi connectivity index (χ3v) is 9.89. The van der Waals surface area contributed by atoms with Crippen LogP contribution in [0.25, 0.3) is 0 Å². The smallest absolute Gasteiger partial charge is 0.352 e. The number of nitrogens with one attached hydrogen (secondary N) is 2. The number of oxime groups is 2. The minimum absolute atomic E-state index is 0.0226. The first-order valence-corrected chi connectivity index (χ1v) is 16.5. The second-order valence-electron chi connectivity index (χ2n) is 8.98. The maximum Gasteiger partial charge on any atom is 0.352 e. The number of amides is 3. The number of thioether (sulfide) groups is 2. The highest BCUT2D eigenvalue weighted by molar-refractivity contribution is 8.14. The van der Waals surface area contributed by atoms with Gasteiger partial charge in [0.15, 0.2) is 27.4 Å². The van der Waals surface area contributed by atoms with Crippen molar-refractivity contribution in [3.05, 3.63) is 57.6 Å². The summed E-state index contributed by atoms with van der Waals surface area (Å²) in [6.45, 7) is 0. The van der Waals surface area contributed by atoms with E-state index in [2.05, 4.69) is 30.9 Å². The standard InChI is InChI=1S/C25H22N8O9S4/c1-40-31-14(11-8-45-24(26)27-11)19(35)30-25-28-12(9-46-25)15(32-41-2)18(34)29-16-20(36)33-17(22(37)38)10(6-43-21(16)33)7-44-23(39)13-4-3-5-42-13/h3-5,8-9,16,21H,6-7H2,1-2H3,(H2,26,27)(H,29,34)(H,37,38)(H,28,30,35)/b31-14-,32-15-/t16-,21-/m1/s1. The molecule has 21 heteroatoms. The molecule has 0 spiro atoms. The van der Waals surface area contributed by atoms with Crippen molar-refractivity contribution in [3.63, 3.8) is 0 Å². The molecule has 17 nitrogen and oxygen atoms in total. The van der Waals surface area contributed by atoms with Gasteiger partial charge in [-0.05, 0) is 17.7 Å². The van der Waals surface area contributed by atoms with Gasteiger partial charge in [0.25, 0.3) is 22.8 Å². The van der Waals surface area contributed by atoms with Gasteiger partial charge in [-0.15, -0.1) is 34.4 Å². The summed E-state index contributed by atoms with van der Waals surface area (Å²) >= 11 is 4.18. The topological polar surface area (TPSA) is 241 Å². The summed E-state index contributed by atoms with van der Waals surface area (Å²) in [6, 6.07) is 1.98. The summed E-state index contributed by atoms with van der Waals surface area (Å²) in [5.74, 6) is -3.15. The molecule has 3 aromatic rings. The number of rotatable bonds is 12. The fraction of sp³-hybridized carbons (Fsp3) is 0.240. The maximum atomic E-state index is 13.3. The molecule has 2 aliphatic heterocycles. The number of hydrogen-bond acceptors (Lipinski definition) is 17. The summed E-state index contributed by atoms with van der Waals surface area (Å²) in [6.07, 6.45) is 1.36. The zero-order chi connectivity index (χ0) is 33.0. The van der Waals surface area contributed by atoms with Gasteiger partial charge in [0.2, 0.25) is 0 Å². The first-order valence-electron chi connectivity index (χ1n) is 12.7. The Labute approximate surface area is 275 Å². The Kier molecular flexibility index (Phi) is 10.0. The van der Waals surface area contributed by atoms with E-state index in [1.807, 2.05) is 0 Å². The van der Waals surface area contributed by atoms with Crippen molar-refractivity contribution in [1.82, 2.24) is 20.2 Å². The first-order chi connectivity index (χ1) is 22.1. The Bertz CT molecular complexity index is 1780. The van der Waals surface area contributed by atoms with Crippen LogP contribution in [0.15, 0.2) is 55.2 Å². The Balaban J connectivity index is 1.26. The second kappa shape index (κ2) is 14.1. The average Bonchev–Trinajstić information content (AvgIpc) is 3.82. The third-order valence-electron chi connectivity index (χ3n) is 6.16. The van der Waals surface area contributed by atoms with Gasteiger partial charge in [-0.3, -0.25) is 29.4 Å². The van der Waals surface area contributed by atoms with Crippen LogP contribution in [-0.2, 0) is 28.9 Å². The zero-order valence-electron chi connectivity index (χ0n) is 23.6. The molecule has 2 atom stereocenters. The molecule has 0 aliphatic carbocycles. The molecule has 5 N–H and O–H groups in total. The zero-order valence-corrected chi connectivity index (χ0v) is 26.9. The largest absolute Gasteiger partial charge is 0.477 e. The fourth-order valence-electron chi connectivity index (χ4n) is 4.21. The number of fused-ring (bicyclic) bond motifs is 1. The molecule has 0 radical (unpaired) electrons. The van der Waals surface area contributed by atoms with E-state index < -0.39 is 35.1 Å². The van der Waals surface area contributed by atoms with Crippen LogP contribution in [-0.4, -0.2) is 97.3 Å². The SMILES string of the molecule is CO/N=C(\C(=O)Nc1nc(/C(=N/OC)C(=O)N[C@@H]2C(=O)N3C(C(=O)O)=C(CSC(=O)c4ccco4)CS[C@H]23)cs1)c1csc(N)n1. The van der Waals surface area contributed by atoms with Crippen LogP contribution < -0.4 is 16.4 Å². The third kappa shape index (κ3) is 6.76. The van der Waals surface area contributed by atoms with E-state index in [0.717, 1.165) is 39.3 Å². The predicted molar refractivity (Wildman–Crippen MR) is 170 cm³/mol. The summed E-state index contributed by atoms with van der Waals surface area (Å²) in [4.78, 5) is 82.7. The highest BCUT2D eigenvalue weighted by Gasteiger charge is 2.54. The van der Waals surface area contributed by atoms with Gasteiger partial charge in [-0.1, -0.05) is 22.1 Å². The number of nitrogens with two attached hydrogens (primary N) is 1. The number of β-lactam (4-membered cyclic amide) rings is 1. The highest BCUT2D eigenvalue weighted by Crippen LogP contribution is 2.41. The molecule has 5 heterocycles. The van der Waals surface area contributed by atoms with E-state index in [1.54, 1.807) is 6.07 Å². The first kappa shape index (κ1) is 32.7. The van der Waals surface area contributed by atoms with Crippen molar-refractivity contribution < 1.29 is 43.2 Å². The molecule has 1 fully saturated rings. The average molecular weight is 707 g/mol. The molecule has 5 rings (SSSR count). The lowest BCUT2D eigenvalue weighted by Crippen LogP contribution is -2.71. The number of aliphatic carboxylic acids is 1. The molecule has 3 aromatic heterocycles. The van der Waals surface area contributed by atoms with Crippen molar-refractivity contribution >= 4 is 96.7 Å². The van der Waals surface area contributed by atoms with Crippen LogP contribution in [0.4, 0.5) is 10.3 Å². The monoisotopic (exact) mass is 706 g/mol. The van der Waals surface area contributed by atoms with E-state index >= 15 is 0 Å². The number of thiazole rings is 2. The predicted octanol–water partition coefficient (Wildman–Crippen LogP) is 1.43. The van der Waals surface area contributed by atoms with Crippen LogP contribution in [0.2, 0.25) is 0 Å². The molecule has 0 bridgehead atoms. The molecule has 3 amide bonds. The highest BCUT2D eigenvalue weighted by atomic mass is 32.2. The number of carbonyl (C=O) groups excluding carboxylic acids is 4. The quantitative estimate of drug-likeness (QED) is 0.118. The fourth-order valence-corrected chi connectivity index (χ4v) is 7.72. The Morgan fingerprint density at radius 1 is 1.13 bits per heavy atom. The Hall–Kier alpha value is -4.73. The van der Waals surface area contributed by atoms with Crippen molar-refractivity contribution in [3.8, 4) is 0 Å². The van der Waals surface area contributed by atoms with Crippen LogP contribution >= 0.6 is 46.2 Å². The van der Waals surface area contributed by atoms with Crippen molar-refractivity contribution in [2.45, 2.75) is 11.4 Å². The van der Waals surface area contributed by atoms with Gasteiger partial charge < -0.3 is 30.2 Å². The molecule has 240 valence electrons. The van der Waals surface area contributed by atoms with Gasteiger partial charge in [-0.25, -0.2) is 14.8 Å². The molecular weight excluding hydrogens is 685 g/mol. The number of carbonyl (C=O) groups is 5. The van der Waals surface area contributed by atoms with E-state index in [-0.39, 0.29) is 61.2 Å². The van der Waals surface area contributed by atoms with Gasteiger partial charge in [-0.2, -0.15) is 0 Å². The molecule has 2 aliphatic rings. The molecule has 0 saturated carbocycles. The Morgan fingerprint density at radius 3 is 2.46 bits per heavy atom. The summed E-state index contributed by atoms with van der Waals surface area (Å²) in [5, 5.41) is 24.7. The number of hydrogen-bond donors (Lipinski definition) is 4. The summed E-state index contributed by atoms with van der Waals surface area (Å²) in [5.41, 5.74) is 5.55. The van der Waals surface area contributed by atoms with Crippen molar-refractivity contribution in [1.29, 1.82) is 0 Å². The van der Waals surface area contributed by atoms with Gasteiger partial charge in [0, 0.05) is 22.3 Å². The van der Waals surface area contributed by atoms with E-state index in [0.29, 0.717) is 5.57 Å². The number of anilines is 2. The van der Waals surface area contributed by atoms with E-state index in [1.165, 1.54) is 49.1 Å². The normalized spacial score (nSPS) is 18.0. The molecule has 46 heavy (non-hydrogen) atoms. The van der Waals surface area contributed by atoms with Gasteiger partial charge in [0.1, 0.15) is 42.7 Å². The molecule has 1 saturated heterocycles. The molecule has 0 unspecified atom stereocenters. The minimum Gasteiger partial charge on any atom is -0.477 e. The number of carboxylic acids is 1. The maximum absolute atomic E-state index is 13.3. The number of carboxylic acid groups (broad SMARTS) is 1. The van der Waals surface area contributed by atoms with Gasteiger partial charge >= 0.3 is 5.97 Å². The van der Waals surface area contributed by atoms with Crippen LogP contribution in [0.3, 0.4) is 0 Å². The van der Waals surface area contributed by atoms with Crippen LogP contribution in [0.5, 0.6) is 0 Å². The molecule has 0 aromatic carbocycles. The van der Waals surface area contributed by atoms with E-state index in [4.69, 9.17) is 19.8 Å². The lowest BCUT2D eigenvalue weighted by molar-refractivity contribution is -0.150. The van der Waals surface area contributed by atoms with E-state index in [9.17, 15) is 29.1 Å². The number of nitrogen functional groups attached to an aromatic ring is 1. The van der Waals surface area contributed by atoms with Crippen LogP contribution in [0.1, 0.15) is 21.9 Å². The number of aromatic nitrogens is 2. The van der Waals surface area contributed by atoms with Crippen molar-refractivity contribution in [2.24, 2.45) is 10.3 Å². The second-order valence-corrected chi connectivity index (χ2v) is 12.8. The Morgan fingerprint density at radius 2 is 1.83 bits per heavy atom. The minimum atomic E-state index is -1.33. The number of nitrogens with zero attached hydrogens (tertiary/aromatic N) is 5. The lowest BCUT2D eigenvalue weighted by atomic mass is 10.0. The van der Waals surface area contributed by atoms with Gasteiger partial charge in [0.05, 0.1) is 6.26 Å². The molecular formula is C25H22N8O9S4. The lowest BCUT2D eigenvalue weighted by Gasteiger charge is -2.49.